The fourth-order valence-corrected chi connectivity index (χ4v) is 2.30. The molecule has 0 radical (unpaired) electrons. The van der Waals surface area contributed by atoms with E-state index in [4.69, 9.17) is 16.3 Å². The van der Waals surface area contributed by atoms with Crippen molar-refractivity contribution in [2.24, 2.45) is 0 Å². The molecule has 0 aromatic heterocycles. The number of ether oxygens (including phenoxy) is 1. The number of halogens is 1. The van der Waals surface area contributed by atoms with E-state index in [-0.39, 0.29) is 12.5 Å². The Morgan fingerprint density at radius 2 is 2.16 bits per heavy atom. The Morgan fingerprint density at radius 3 is 2.74 bits per heavy atom. The maximum atomic E-state index is 12.2. The zero-order valence-electron chi connectivity index (χ0n) is 10.9. The van der Waals surface area contributed by atoms with Gasteiger partial charge in [-0.2, -0.15) is 0 Å². The summed E-state index contributed by atoms with van der Waals surface area (Å²) in [7, 11) is 0. The Hall–Kier alpha value is -1.10. The van der Waals surface area contributed by atoms with E-state index in [1.165, 1.54) is 0 Å². The Balaban J connectivity index is 2.12. The predicted octanol–water partition coefficient (Wildman–Crippen LogP) is 1.92. The van der Waals surface area contributed by atoms with Crippen LogP contribution in [0.2, 0.25) is 5.02 Å². The minimum atomic E-state index is -0.567. The van der Waals surface area contributed by atoms with Crippen LogP contribution >= 0.6 is 11.6 Å². The Kier molecular flexibility index (Phi) is 4.45. The number of benzene rings is 1. The van der Waals surface area contributed by atoms with E-state index >= 15 is 0 Å². The van der Waals surface area contributed by atoms with Crippen molar-refractivity contribution in [2.75, 3.05) is 19.8 Å². The lowest BCUT2D eigenvalue weighted by Gasteiger charge is -2.36. The number of hydrogen-bond donors (Lipinski definition) is 2. The third kappa shape index (κ3) is 3.26. The normalized spacial score (nSPS) is 18.1. The van der Waals surface area contributed by atoms with Crippen LogP contribution in [0, 0.1) is 6.92 Å². The first-order chi connectivity index (χ1) is 9.06. The molecule has 1 saturated heterocycles. The first-order valence-corrected chi connectivity index (χ1v) is 6.71. The van der Waals surface area contributed by atoms with Crippen LogP contribution in [0.3, 0.4) is 0 Å². The molecule has 0 atom stereocenters. The Labute approximate surface area is 117 Å². The molecule has 104 valence electrons. The first kappa shape index (κ1) is 14.3. The SMILES string of the molecule is Cc1cc(C(=O)NC2(CO)CCOCC2)ccc1Cl. The van der Waals surface area contributed by atoms with Crippen LogP contribution in [0.25, 0.3) is 0 Å². The summed E-state index contributed by atoms with van der Waals surface area (Å²) in [4.78, 5) is 12.2. The van der Waals surface area contributed by atoms with Crippen molar-refractivity contribution < 1.29 is 14.6 Å². The van der Waals surface area contributed by atoms with Gasteiger partial charge in [0.25, 0.3) is 5.91 Å². The van der Waals surface area contributed by atoms with Gasteiger partial charge in [-0.15, -0.1) is 0 Å². The molecule has 0 aliphatic carbocycles. The number of nitrogens with one attached hydrogen (secondary N) is 1. The van der Waals surface area contributed by atoms with Crippen LogP contribution < -0.4 is 5.32 Å². The van der Waals surface area contributed by atoms with Crippen molar-refractivity contribution in [3.63, 3.8) is 0 Å². The number of amides is 1. The molecule has 1 fully saturated rings. The number of carbonyl (C=O) groups is 1. The van der Waals surface area contributed by atoms with Crippen molar-refractivity contribution in [1.29, 1.82) is 0 Å². The number of rotatable bonds is 3. The topological polar surface area (TPSA) is 58.6 Å². The maximum Gasteiger partial charge on any atom is 0.251 e. The Morgan fingerprint density at radius 1 is 1.47 bits per heavy atom. The number of aliphatic hydroxyl groups is 1. The molecule has 2 N–H and O–H groups in total. The highest BCUT2D eigenvalue weighted by Crippen LogP contribution is 2.22. The van der Waals surface area contributed by atoms with E-state index in [0.29, 0.717) is 36.6 Å². The van der Waals surface area contributed by atoms with Gasteiger partial charge in [-0.25, -0.2) is 0 Å². The summed E-state index contributed by atoms with van der Waals surface area (Å²) in [5.41, 5.74) is 0.851. The fraction of sp³-hybridized carbons (Fsp3) is 0.500. The lowest BCUT2D eigenvalue weighted by atomic mass is 9.90. The second kappa shape index (κ2) is 5.90. The van der Waals surface area contributed by atoms with Gasteiger partial charge in [0.05, 0.1) is 12.1 Å². The molecule has 0 unspecified atom stereocenters. The standard InChI is InChI=1S/C14H18ClNO3/c1-10-8-11(2-3-12(10)15)13(18)16-14(9-17)4-6-19-7-5-14/h2-3,8,17H,4-7,9H2,1H3,(H,16,18). The van der Waals surface area contributed by atoms with Crippen molar-refractivity contribution in [1.82, 2.24) is 5.32 Å². The van der Waals surface area contributed by atoms with Gasteiger partial charge in [0.2, 0.25) is 0 Å². The summed E-state index contributed by atoms with van der Waals surface area (Å²) < 4.78 is 5.27. The van der Waals surface area contributed by atoms with Gasteiger partial charge in [-0.3, -0.25) is 4.79 Å². The minimum absolute atomic E-state index is 0.0747. The van der Waals surface area contributed by atoms with Gasteiger partial charge < -0.3 is 15.2 Å². The van der Waals surface area contributed by atoms with Crippen LogP contribution in [0.5, 0.6) is 0 Å². The number of aliphatic hydroxyl groups excluding tert-OH is 1. The molecule has 4 nitrogen and oxygen atoms in total. The van der Waals surface area contributed by atoms with Crippen molar-refractivity contribution in [2.45, 2.75) is 25.3 Å². The fourth-order valence-electron chi connectivity index (χ4n) is 2.18. The molecule has 1 aromatic carbocycles. The van der Waals surface area contributed by atoms with Gasteiger partial charge >= 0.3 is 0 Å². The number of carbonyl (C=O) groups excluding carboxylic acids is 1. The first-order valence-electron chi connectivity index (χ1n) is 6.34. The van der Waals surface area contributed by atoms with E-state index in [1.807, 2.05) is 6.92 Å². The van der Waals surface area contributed by atoms with Gasteiger partial charge in [0.1, 0.15) is 0 Å². The van der Waals surface area contributed by atoms with Crippen LogP contribution in [0.1, 0.15) is 28.8 Å². The van der Waals surface area contributed by atoms with Crippen molar-refractivity contribution in [3.8, 4) is 0 Å². The molecule has 5 heteroatoms. The monoisotopic (exact) mass is 283 g/mol. The highest BCUT2D eigenvalue weighted by atomic mass is 35.5. The van der Waals surface area contributed by atoms with Crippen LogP contribution in [0.15, 0.2) is 18.2 Å². The molecular formula is C14H18ClNO3. The van der Waals surface area contributed by atoms with E-state index in [9.17, 15) is 9.90 Å². The van der Waals surface area contributed by atoms with Gasteiger partial charge in [0, 0.05) is 23.8 Å². The van der Waals surface area contributed by atoms with Gasteiger partial charge in [-0.1, -0.05) is 11.6 Å². The second-order valence-electron chi connectivity index (χ2n) is 4.97. The van der Waals surface area contributed by atoms with Crippen molar-refractivity contribution >= 4 is 17.5 Å². The number of aryl methyl sites for hydroxylation is 1. The van der Waals surface area contributed by atoms with Crippen LogP contribution in [0.4, 0.5) is 0 Å². The van der Waals surface area contributed by atoms with Crippen molar-refractivity contribution in [3.05, 3.63) is 34.3 Å². The molecule has 0 saturated carbocycles. The molecule has 1 amide bonds. The van der Waals surface area contributed by atoms with E-state index in [0.717, 1.165) is 5.56 Å². The summed E-state index contributed by atoms with van der Waals surface area (Å²) in [5, 5.41) is 13.1. The molecule has 0 bridgehead atoms. The molecule has 1 aromatic rings. The van der Waals surface area contributed by atoms with E-state index < -0.39 is 5.54 Å². The second-order valence-corrected chi connectivity index (χ2v) is 5.38. The quantitative estimate of drug-likeness (QED) is 0.891. The summed E-state index contributed by atoms with van der Waals surface area (Å²) >= 11 is 5.94. The largest absolute Gasteiger partial charge is 0.394 e. The molecule has 1 heterocycles. The van der Waals surface area contributed by atoms with E-state index in [2.05, 4.69) is 5.32 Å². The summed E-state index contributed by atoms with van der Waals surface area (Å²) in [6.45, 7) is 2.89. The van der Waals surface area contributed by atoms with Gasteiger partial charge in [0.15, 0.2) is 0 Å². The molecule has 1 aliphatic heterocycles. The van der Waals surface area contributed by atoms with Crippen LogP contribution in [-0.2, 0) is 4.74 Å². The van der Waals surface area contributed by atoms with Crippen LogP contribution in [-0.4, -0.2) is 36.4 Å². The predicted molar refractivity (Wildman–Crippen MR) is 73.5 cm³/mol. The zero-order chi connectivity index (χ0) is 13.9. The smallest absolute Gasteiger partial charge is 0.251 e. The third-order valence-corrected chi connectivity index (χ3v) is 3.98. The zero-order valence-corrected chi connectivity index (χ0v) is 11.7. The minimum Gasteiger partial charge on any atom is -0.394 e. The van der Waals surface area contributed by atoms with E-state index in [1.54, 1.807) is 18.2 Å². The average molecular weight is 284 g/mol. The Bertz CT molecular complexity index is 470. The molecular weight excluding hydrogens is 266 g/mol. The average Bonchev–Trinajstić information content (AvgIpc) is 2.43. The molecule has 19 heavy (non-hydrogen) atoms. The molecule has 2 rings (SSSR count). The summed E-state index contributed by atoms with van der Waals surface area (Å²) in [5.74, 6) is -0.185. The highest BCUT2D eigenvalue weighted by molar-refractivity contribution is 6.31. The number of hydrogen-bond acceptors (Lipinski definition) is 3. The van der Waals surface area contributed by atoms with Gasteiger partial charge in [-0.05, 0) is 43.5 Å². The lowest BCUT2D eigenvalue weighted by molar-refractivity contribution is 0.0125. The third-order valence-electron chi connectivity index (χ3n) is 3.55. The molecule has 1 aliphatic rings. The summed E-state index contributed by atoms with van der Waals surface area (Å²) in [6, 6.07) is 5.15. The maximum absolute atomic E-state index is 12.2. The molecule has 0 spiro atoms. The summed E-state index contributed by atoms with van der Waals surface area (Å²) in [6.07, 6.45) is 1.25. The highest BCUT2D eigenvalue weighted by Gasteiger charge is 2.33. The lowest BCUT2D eigenvalue weighted by Crippen LogP contribution is -2.54.